The van der Waals surface area contributed by atoms with Crippen molar-refractivity contribution in [3.05, 3.63) is 124 Å². The summed E-state index contributed by atoms with van der Waals surface area (Å²) in [6.45, 7) is 0.648. The van der Waals surface area contributed by atoms with Crippen molar-refractivity contribution in [3.8, 4) is 28.5 Å². The van der Waals surface area contributed by atoms with Crippen LogP contribution in [0.15, 0.2) is 96.4 Å². The number of nitrogens with one attached hydrogen (secondary N) is 1. The smallest absolute Gasteiger partial charge is 0.305 e. The third-order valence-corrected chi connectivity index (χ3v) is 8.16. The van der Waals surface area contributed by atoms with Crippen molar-refractivity contribution >= 4 is 34.0 Å². The summed E-state index contributed by atoms with van der Waals surface area (Å²) in [5.41, 5.74) is 10.0. The topological polar surface area (TPSA) is 106 Å². The van der Waals surface area contributed by atoms with Crippen LogP contribution in [-0.2, 0) is 17.8 Å². The van der Waals surface area contributed by atoms with E-state index in [2.05, 4.69) is 58.8 Å². The van der Waals surface area contributed by atoms with E-state index in [4.69, 9.17) is 15.4 Å². The zero-order valence-electron chi connectivity index (χ0n) is 22.6. The Morgan fingerprint density at radius 3 is 2.48 bits per heavy atom. The molecule has 1 aromatic heterocycles. The molecule has 0 radical (unpaired) electrons. The molecule has 4 aromatic carbocycles. The molecule has 6 rings (SSSR count). The molecule has 206 valence electrons. The van der Waals surface area contributed by atoms with Crippen molar-refractivity contribution in [3.63, 3.8) is 0 Å². The molecule has 7 nitrogen and oxygen atoms in total. The molecule has 1 heterocycles. The predicted molar refractivity (Wildman–Crippen MR) is 164 cm³/mol. The number of anilines is 2. The van der Waals surface area contributed by atoms with Crippen LogP contribution >= 0.6 is 11.3 Å². The normalized spacial score (nSPS) is 11.3. The Hall–Kier alpha value is -5.26. The summed E-state index contributed by atoms with van der Waals surface area (Å²) in [6.07, 6.45) is 0.778. The number of carbonyl (C=O) groups excluding carboxylic acids is 1. The van der Waals surface area contributed by atoms with Crippen LogP contribution in [0.2, 0.25) is 0 Å². The second kappa shape index (κ2) is 11.7. The van der Waals surface area contributed by atoms with Crippen molar-refractivity contribution in [2.75, 3.05) is 11.4 Å². The second-order valence-corrected chi connectivity index (χ2v) is 10.9. The highest BCUT2D eigenvalue weighted by atomic mass is 32.1. The number of carboxylic acids is 1. The highest BCUT2D eigenvalue weighted by Crippen LogP contribution is 2.38. The number of hydrogen-bond acceptors (Lipinski definition) is 6. The lowest BCUT2D eigenvalue weighted by atomic mass is 10.0. The minimum absolute atomic E-state index is 0.0709. The van der Waals surface area contributed by atoms with Gasteiger partial charge in [0.25, 0.3) is 5.91 Å². The molecule has 0 atom stereocenters. The van der Waals surface area contributed by atoms with Crippen LogP contribution in [0.4, 0.5) is 10.8 Å². The van der Waals surface area contributed by atoms with E-state index in [0.717, 1.165) is 34.1 Å². The first-order valence-corrected chi connectivity index (χ1v) is 14.4. The van der Waals surface area contributed by atoms with Gasteiger partial charge in [0.05, 0.1) is 30.3 Å². The number of benzene rings is 4. The van der Waals surface area contributed by atoms with E-state index in [0.29, 0.717) is 17.7 Å². The molecule has 0 spiro atoms. The van der Waals surface area contributed by atoms with Crippen LogP contribution in [0.5, 0.6) is 0 Å². The fraction of sp³-hybridized carbons (Fsp3) is 0.118. The first-order valence-electron chi connectivity index (χ1n) is 13.5. The van der Waals surface area contributed by atoms with Crippen LogP contribution in [-0.4, -0.2) is 28.5 Å². The van der Waals surface area contributed by atoms with Crippen molar-refractivity contribution < 1.29 is 14.7 Å². The van der Waals surface area contributed by atoms with E-state index in [-0.39, 0.29) is 18.9 Å². The van der Waals surface area contributed by atoms with E-state index < -0.39 is 5.97 Å². The molecule has 0 aliphatic heterocycles. The average Bonchev–Trinajstić information content (AvgIpc) is 3.65. The van der Waals surface area contributed by atoms with Gasteiger partial charge in [0, 0.05) is 28.7 Å². The van der Waals surface area contributed by atoms with Crippen LogP contribution < -0.4 is 10.2 Å². The number of amides is 1. The van der Waals surface area contributed by atoms with Crippen LogP contribution in [0.1, 0.15) is 39.0 Å². The maximum atomic E-state index is 12.5. The lowest BCUT2D eigenvalue weighted by Gasteiger charge is -2.23. The molecule has 0 bridgehead atoms. The number of rotatable bonds is 9. The minimum Gasteiger partial charge on any atom is -0.481 e. The highest BCUT2D eigenvalue weighted by Gasteiger charge is 2.20. The van der Waals surface area contributed by atoms with Gasteiger partial charge < -0.3 is 15.3 Å². The summed E-state index contributed by atoms with van der Waals surface area (Å²) < 4.78 is 0. The zero-order chi connectivity index (χ0) is 29.1. The number of nitrogens with zero attached hydrogens (tertiary/aromatic N) is 3. The van der Waals surface area contributed by atoms with Crippen LogP contribution in [0, 0.1) is 11.3 Å². The Kier molecular flexibility index (Phi) is 7.50. The van der Waals surface area contributed by atoms with E-state index >= 15 is 0 Å². The molecule has 0 fully saturated rings. The molecule has 1 amide bonds. The minimum atomic E-state index is -0.958. The number of aliphatic carboxylic acids is 1. The molecule has 1 aliphatic carbocycles. The first-order chi connectivity index (χ1) is 20.5. The second-order valence-electron chi connectivity index (χ2n) is 10.1. The average molecular weight is 571 g/mol. The molecule has 2 N–H and O–H groups in total. The third-order valence-electron chi connectivity index (χ3n) is 7.30. The lowest BCUT2D eigenvalue weighted by molar-refractivity contribution is -0.136. The van der Waals surface area contributed by atoms with Gasteiger partial charge in [0.2, 0.25) is 0 Å². The molecule has 0 unspecified atom stereocenters. The van der Waals surface area contributed by atoms with Gasteiger partial charge in [-0.2, -0.15) is 5.26 Å². The maximum Gasteiger partial charge on any atom is 0.305 e. The third kappa shape index (κ3) is 5.64. The van der Waals surface area contributed by atoms with Gasteiger partial charge >= 0.3 is 5.97 Å². The van der Waals surface area contributed by atoms with Gasteiger partial charge in [-0.3, -0.25) is 9.59 Å². The molecule has 8 heteroatoms. The fourth-order valence-corrected chi connectivity index (χ4v) is 6.02. The Morgan fingerprint density at radius 2 is 1.71 bits per heavy atom. The number of hydrogen-bond donors (Lipinski definition) is 2. The van der Waals surface area contributed by atoms with Crippen molar-refractivity contribution in [1.82, 2.24) is 10.3 Å². The van der Waals surface area contributed by atoms with Crippen molar-refractivity contribution in [2.45, 2.75) is 19.4 Å². The largest absolute Gasteiger partial charge is 0.481 e. The van der Waals surface area contributed by atoms with Gasteiger partial charge in [-0.25, -0.2) is 4.98 Å². The Labute approximate surface area is 247 Å². The monoisotopic (exact) mass is 570 g/mol. The molecular formula is C34H26N4O3S. The predicted octanol–water partition coefficient (Wildman–Crippen LogP) is 6.80. The highest BCUT2D eigenvalue weighted by molar-refractivity contribution is 7.14. The van der Waals surface area contributed by atoms with Gasteiger partial charge in [-0.05, 0) is 70.6 Å². The Balaban J connectivity index is 1.29. The van der Waals surface area contributed by atoms with E-state index in [1.165, 1.54) is 33.6 Å². The number of fused-ring (bicyclic) bond motifs is 3. The molecule has 5 aromatic rings. The van der Waals surface area contributed by atoms with Crippen LogP contribution in [0.25, 0.3) is 22.4 Å². The molecule has 42 heavy (non-hydrogen) atoms. The van der Waals surface area contributed by atoms with Crippen molar-refractivity contribution in [1.29, 1.82) is 5.26 Å². The van der Waals surface area contributed by atoms with Gasteiger partial charge in [0.1, 0.15) is 0 Å². The lowest BCUT2D eigenvalue weighted by Crippen LogP contribution is -2.26. The summed E-state index contributed by atoms with van der Waals surface area (Å²) >= 11 is 1.53. The SMILES string of the molecule is N#Cc1ccc(-c2csc(N(Cc3ccc4c(c3)Cc3ccccc3-4)c3ccc(C(=O)NCCC(=O)O)cc3)n2)cc1. The Bertz CT molecular complexity index is 1820. The van der Waals surface area contributed by atoms with E-state index in [1.807, 2.05) is 29.6 Å². The van der Waals surface area contributed by atoms with Gasteiger partial charge in [-0.15, -0.1) is 11.3 Å². The fourth-order valence-electron chi connectivity index (χ4n) is 5.16. The van der Waals surface area contributed by atoms with Crippen LogP contribution in [0.3, 0.4) is 0 Å². The van der Waals surface area contributed by atoms with E-state index in [1.54, 1.807) is 24.3 Å². The number of carboxylic acid groups (broad SMARTS) is 1. The number of thiazole rings is 1. The summed E-state index contributed by atoms with van der Waals surface area (Å²) in [6, 6.07) is 31.9. The summed E-state index contributed by atoms with van der Waals surface area (Å²) in [5, 5.41) is 23.5. The maximum absolute atomic E-state index is 12.5. The Morgan fingerprint density at radius 1 is 0.952 bits per heavy atom. The van der Waals surface area contributed by atoms with Gasteiger partial charge in [0.15, 0.2) is 5.13 Å². The van der Waals surface area contributed by atoms with E-state index in [9.17, 15) is 9.59 Å². The summed E-state index contributed by atoms with van der Waals surface area (Å²) in [4.78, 5) is 30.4. The quantitative estimate of drug-likeness (QED) is 0.198. The van der Waals surface area contributed by atoms with Crippen molar-refractivity contribution in [2.24, 2.45) is 0 Å². The number of carbonyl (C=O) groups is 2. The first kappa shape index (κ1) is 26.9. The molecular weight excluding hydrogens is 544 g/mol. The summed E-state index contributed by atoms with van der Waals surface area (Å²) in [7, 11) is 0. The number of aromatic nitrogens is 1. The molecule has 0 saturated heterocycles. The summed E-state index contributed by atoms with van der Waals surface area (Å²) in [5.74, 6) is -1.27. The standard InChI is InChI=1S/C34H26N4O3S/c35-19-22-5-8-24(9-6-22)31-21-42-34(37-31)38(28-12-10-25(11-13-28)33(41)36-16-15-32(39)40)20-23-7-14-30-27(17-23)18-26-3-1-2-4-29(26)30/h1-14,17,21H,15-16,18,20H2,(H,36,41)(H,39,40). The molecule has 1 aliphatic rings. The van der Waals surface area contributed by atoms with Gasteiger partial charge in [-0.1, -0.05) is 54.6 Å². The molecule has 0 saturated carbocycles. The number of nitriles is 1. The zero-order valence-corrected chi connectivity index (χ0v) is 23.4.